The highest BCUT2D eigenvalue weighted by atomic mass is 35.5. The van der Waals surface area contributed by atoms with Crippen molar-refractivity contribution >= 4 is 23.2 Å². The minimum Gasteiger partial charge on any atom is -0.386 e. The van der Waals surface area contributed by atoms with Gasteiger partial charge >= 0.3 is 0 Å². The molecule has 1 atom stereocenters. The summed E-state index contributed by atoms with van der Waals surface area (Å²) < 4.78 is 0.169. The maximum absolute atomic E-state index is 9.29. The molecule has 10 heavy (non-hydrogen) atoms. The molecule has 1 N–H and O–H groups in total. The molecule has 0 heterocycles. The van der Waals surface area contributed by atoms with Gasteiger partial charge < -0.3 is 5.11 Å². The summed E-state index contributed by atoms with van der Waals surface area (Å²) in [4.78, 5) is 0. The molecular weight excluding hydrogens is 171 g/mol. The Balaban J connectivity index is 3.90. The molecule has 0 rings (SSSR count). The first-order chi connectivity index (χ1) is 4.48. The van der Waals surface area contributed by atoms with E-state index in [1.807, 2.05) is 0 Å². The fourth-order valence-electron chi connectivity index (χ4n) is 0.367. The molecular formula is C7H10Cl2O. The highest BCUT2D eigenvalue weighted by Crippen LogP contribution is 2.15. The first-order valence-electron chi connectivity index (χ1n) is 2.85. The normalized spacial score (nSPS) is 15.6. The van der Waals surface area contributed by atoms with E-state index < -0.39 is 5.60 Å². The fraction of sp³-hybridized carbons (Fsp3) is 0.429. The molecule has 0 saturated heterocycles. The van der Waals surface area contributed by atoms with E-state index in [2.05, 4.69) is 6.58 Å². The van der Waals surface area contributed by atoms with Gasteiger partial charge in [0.25, 0.3) is 0 Å². The SMILES string of the molecule is C=CC(C)(O)CC=C(Cl)Cl. The zero-order valence-electron chi connectivity index (χ0n) is 5.77. The Morgan fingerprint density at radius 3 is 2.50 bits per heavy atom. The number of rotatable bonds is 3. The van der Waals surface area contributed by atoms with Crippen molar-refractivity contribution in [1.29, 1.82) is 0 Å². The van der Waals surface area contributed by atoms with Crippen molar-refractivity contribution in [3.8, 4) is 0 Å². The van der Waals surface area contributed by atoms with Crippen LogP contribution in [0.25, 0.3) is 0 Å². The molecule has 0 fully saturated rings. The lowest BCUT2D eigenvalue weighted by Gasteiger charge is -2.14. The molecule has 58 valence electrons. The maximum Gasteiger partial charge on any atom is 0.102 e. The van der Waals surface area contributed by atoms with Crippen molar-refractivity contribution in [3.63, 3.8) is 0 Å². The first-order valence-corrected chi connectivity index (χ1v) is 3.60. The quantitative estimate of drug-likeness (QED) is 0.663. The molecule has 0 spiro atoms. The van der Waals surface area contributed by atoms with Gasteiger partial charge in [0.1, 0.15) is 4.49 Å². The minimum atomic E-state index is -0.908. The molecule has 0 aromatic rings. The fourth-order valence-corrected chi connectivity index (χ4v) is 0.521. The summed E-state index contributed by atoms with van der Waals surface area (Å²) in [5, 5.41) is 9.29. The van der Waals surface area contributed by atoms with Crippen LogP contribution in [0.1, 0.15) is 13.3 Å². The van der Waals surface area contributed by atoms with E-state index in [9.17, 15) is 5.11 Å². The predicted octanol–water partition coefficient (Wildman–Crippen LogP) is 2.63. The standard InChI is InChI=1S/C7H10Cl2O/c1-3-7(2,10)5-4-6(8)9/h3-4,10H,1,5H2,2H3. The van der Waals surface area contributed by atoms with E-state index in [0.717, 1.165) is 0 Å². The van der Waals surface area contributed by atoms with Crippen LogP contribution in [-0.4, -0.2) is 10.7 Å². The topological polar surface area (TPSA) is 20.2 Å². The van der Waals surface area contributed by atoms with Gasteiger partial charge in [-0.05, 0) is 6.92 Å². The third-order valence-corrected chi connectivity index (χ3v) is 1.42. The van der Waals surface area contributed by atoms with E-state index in [1.54, 1.807) is 6.92 Å². The van der Waals surface area contributed by atoms with E-state index in [1.165, 1.54) is 12.2 Å². The van der Waals surface area contributed by atoms with Crippen LogP contribution in [0.5, 0.6) is 0 Å². The number of halogens is 2. The van der Waals surface area contributed by atoms with Gasteiger partial charge in [0.2, 0.25) is 0 Å². The van der Waals surface area contributed by atoms with Crippen LogP contribution in [0.3, 0.4) is 0 Å². The Bertz CT molecular complexity index is 146. The average molecular weight is 181 g/mol. The third-order valence-electron chi connectivity index (χ3n) is 1.11. The summed E-state index contributed by atoms with van der Waals surface area (Å²) in [5.74, 6) is 0. The molecule has 0 radical (unpaired) electrons. The van der Waals surface area contributed by atoms with Gasteiger partial charge in [0.05, 0.1) is 5.60 Å². The first kappa shape index (κ1) is 10.0. The highest BCUT2D eigenvalue weighted by molar-refractivity contribution is 6.55. The third kappa shape index (κ3) is 4.86. The minimum absolute atomic E-state index is 0.169. The Morgan fingerprint density at radius 1 is 1.70 bits per heavy atom. The smallest absolute Gasteiger partial charge is 0.102 e. The summed E-state index contributed by atoms with van der Waals surface area (Å²) in [5.41, 5.74) is -0.908. The molecule has 0 aliphatic rings. The van der Waals surface area contributed by atoms with Gasteiger partial charge in [0, 0.05) is 6.42 Å². The van der Waals surface area contributed by atoms with Crippen LogP contribution >= 0.6 is 23.2 Å². The van der Waals surface area contributed by atoms with Crippen LogP contribution in [0.4, 0.5) is 0 Å². The largest absolute Gasteiger partial charge is 0.386 e. The van der Waals surface area contributed by atoms with E-state index in [-0.39, 0.29) is 4.49 Å². The average Bonchev–Trinajstić information content (AvgIpc) is 1.85. The van der Waals surface area contributed by atoms with Crippen LogP contribution in [0.15, 0.2) is 23.2 Å². The predicted molar refractivity (Wildman–Crippen MR) is 45.2 cm³/mol. The molecule has 1 unspecified atom stereocenters. The Kier molecular flexibility index (Phi) is 4.02. The molecule has 0 aliphatic heterocycles. The lowest BCUT2D eigenvalue weighted by molar-refractivity contribution is 0.115. The molecule has 0 aromatic heterocycles. The second-order valence-corrected chi connectivity index (χ2v) is 3.27. The summed E-state index contributed by atoms with van der Waals surface area (Å²) >= 11 is 10.6. The Labute approximate surface area is 71.0 Å². The van der Waals surface area contributed by atoms with E-state index in [0.29, 0.717) is 6.42 Å². The zero-order valence-corrected chi connectivity index (χ0v) is 7.28. The lowest BCUT2D eigenvalue weighted by atomic mass is 10.0. The number of aliphatic hydroxyl groups is 1. The van der Waals surface area contributed by atoms with Crippen LogP contribution in [0.2, 0.25) is 0 Å². The highest BCUT2D eigenvalue weighted by Gasteiger charge is 2.12. The van der Waals surface area contributed by atoms with Crippen molar-refractivity contribution in [2.75, 3.05) is 0 Å². The van der Waals surface area contributed by atoms with Crippen molar-refractivity contribution in [3.05, 3.63) is 23.2 Å². The number of hydrogen-bond donors (Lipinski definition) is 1. The summed E-state index contributed by atoms with van der Waals surface area (Å²) in [7, 11) is 0. The van der Waals surface area contributed by atoms with Crippen molar-refractivity contribution in [2.45, 2.75) is 18.9 Å². The van der Waals surface area contributed by atoms with Gasteiger partial charge in [-0.3, -0.25) is 0 Å². The van der Waals surface area contributed by atoms with Gasteiger partial charge in [-0.1, -0.05) is 35.4 Å². The van der Waals surface area contributed by atoms with Gasteiger partial charge in [-0.15, -0.1) is 6.58 Å². The second-order valence-electron chi connectivity index (χ2n) is 2.26. The summed E-state index contributed by atoms with van der Waals surface area (Å²) in [6, 6.07) is 0. The Hall–Kier alpha value is 0.0200. The number of hydrogen-bond acceptors (Lipinski definition) is 1. The molecule has 0 saturated carbocycles. The molecule has 0 aromatic carbocycles. The van der Waals surface area contributed by atoms with Gasteiger partial charge in [-0.2, -0.15) is 0 Å². The van der Waals surface area contributed by atoms with E-state index in [4.69, 9.17) is 23.2 Å². The molecule has 0 amide bonds. The monoisotopic (exact) mass is 180 g/mol. The van der Waals surface area contributed by atoms with Crippen LogP contribution in [0, 0.1) is 0 Å². The molecule has 3 heteroatoms. The van der Waals surface area contributed by atoms with Crippen molar-refractivity contribution in [1.82, 2.24) is 0 Å². The van der Waals surface area contributed by atoms with Gasteiger partial charge in [-0.25, -0.2) is 0 Å². The Morgan fingerprint density at radius 2 is 2.20 bits per heavy atom. The second kappa shape index (κ2) is 4.02. The van der Waals surface area contributed by atoms with E-state index >= 15 is 0 Å². The molecule has 0 bridgehead atoms. The molecule has 1 nitrogen and oxygen atoms in total. The summed E-state index contributed by atoms with van der Waals surface area (Å²) in [6.45, 7) is 5.08. The van der Waals surface area contributed by atoms with Crippen LogP contribution in [-0.2, 0) is 0 Å². The lowest BCUT2D eigenvalue weighted by Crippen LogP contribution is -2.18. The maximum atomic E-state index is 9.29. The zero-order chi connectivity index (χ0) is 8.20. The summed E-state index contributed by atoms with van der Waals surface area (Å²) in [6.07, 6.45) is 3.36. The van der Waals surface area contributed by atoms with Crippen LogP contribution < -0.4 is 0 Å². The van der Waals surface area contributed by atoms with Crippen molar-refractivity contribution < 1.29 is 5.11 Å². The van der Waals surface area contributed by atoms with Gasteiger partial charge in [0.15, 0.2) is 0 Å². The molecule has 0 aliphatic carbocycles. The van der Waals surface area contributed by atoms with Crippen molar-refractivity contribution in [2.24, 2.45) is 0 Å².